The van der Waals surface area contributed by atoms with E-state index in [0.717, 1.165) is 24.6 Å². The Balaban J connectivity index is 2.60. The first-order valence-corrected chi connectivity index (χ1v) is 8.63. The predicted molar refractivity (Wildman–Crippen MR) is 75.2 cm³/mol. The summed E-state index contributed by atoms with van der Waals surface area (Å²) in [6.45, 7) is 2.58. The summed E-state index contributed by atoms with van der Waals surface area (Å²) in [5.74, 6) is 0.368. The Morgan fingerprint density at radius 2 is 2.22 bits per heavy atom. The number of nitrogens with one attached hydrogen (secondary N) is 1. The van der Waals surface area contributed by atoms with Crippen LogP contribution in [-0.4, -0.2) is 29.8 Å². The number of nitrogens with zero attached hydrogens (tertiary/aromatic N) is 2. The third kappa shape index (κ3) is 4.70. The fourth-order valence-corrected chi connectivity index (χ4v) is 3.48. The molecule has 0 aliphatic carbocycles. The van der Waals surface area contributed by atoms with Gasteiger partial charge in [0, 0.05) is 25.1 Å². The molecular weight excluding hydrogens is 318 g/mol. The summed E-state index contributed by atoms with van der Waals surface area (Å²) in [6.07, 6.45) is 6.04. The highest BCUT2D eigenvalue weighted by molar-refractivity contribution is 9.09. The van der Waals surface area contributed by atoms with Gasteiger partial charge in [0.05, 0.1) is 6.33 Å². The number of aromatic nitrogens is 2. The fraction of sp³-hybridized carbons (Fsp3) is 0.727. The highest BCUT2D eigenvalue weighted by Gasteiger charge is 2.18. The number of halogens is 1. The van der Waals surface area contributed by atoms with Crippen molar-refractivity contribution in [2.45, 2.75) is 31.2 Å². The van der Waals surface area contributed by atoms with Crippen LogP contribution in [-0.2, 0) is 17.1 Å². The van der Waals surface area contributed by atoms with Crippen molar-refractivity contribution in [1.29, 1.82) is 0 Å². The van der Waals surface area contributed by atoms with E-state index in [-0.39, 0.29) is 5.03 Å². The van der Waals surface area contributed by atoms with Gasteiger partial charge in [-0.3, -0.25) is 0 Å². The molecule has 1 aromatic rings. The third-order valence-corrected chi connectivity index (χ3v) is 4.50. The van der Waals surface area contributed by atoms with Crippen molar-refractivity contribution in [3.8, 4) is 0 Å². The lowest BCUT2D eigenvalue weighted by molar-refractivity contribution is 0.458. The van der Waals surface area contributed by atoms with Gasteiger partial charge in [-0.2, -0.15) is 0 Å². The first kappa shape index (κ1) is 15.7. The number of alkyl halides is 1. The molecule has 0 radical (unpaired) electrons. The van der Waals surface area contributed by atoms with Gasteiger partial charge < -0.3 is 4.57 Å². The molecule has 104 valence electrons. The van der Waals surface area contributed by atoms with Crippen LogP contribution in [0.25, 0.3) is 0 Å². The van der Waals surface area contributed by atoms with E-state index >= 15 is 0 Å². The summed E-state index contributed by atoms with van der Waals surface area (Å²) in [7, 11) is -1.72. The van der Waals surface area contributed by atoms with Gasteiger partial charge in [0.15, 0.2) is 5.03 Å². The van der Waals surface area contributed by atoms with Gasteiger partial charge in [-0.15, -0.1) is 0 Å². The van der Waals surface area contributed by atoms with Crippen LogP contribution in [0.15, 0.2) is 17.6 Å². The first-order chi connectivity index (χ1) is 8.49. The molecule has 0 fully saturated rings. The normalized spacial score (nSPS) is 13.7. The van der Waals surface area contributed by atoms with Crippen molar-refractivity contribution in [3.05, 3.63) is 12.5 Å². The van der Waals surface area contributed by atoms with Crippen molar-refractivity contribution >= 4 is 26.0 Å². The van der Waals surface area contributed by atoms with Crippen LogP contribution < -0.4 is 4.72 Å². The summed E-state index contributed by atoms with van der Waals surface area (Å²) in [5, 5.41) is 0.974. The van der Waals surface area contributed by atoms with E-state index < -0.39 is 10.0 Å². The lowest BCUT2D eigenvalue weighted by Gasteiger charge is -2.15. The molecule has 1 atom stereocenters. The van der Waals surface area contributed by atoms with Crippen LogP contribution >= 0.6 is 15.9 Å². The van der Waals surface area contributed by atoms with Gasteiger partial charge in [0.25, 0.3) is 10.0 Å². The summed E-state index contributed by atoms with van der Waals surface area (Å²) >= 11 is 3.40. The number of hydrogen-bond donors (Lipinski definition) is 1. The smallest absolute Gasteiger partial charge is 0.259 e. The highest BCUT2D eigenvalue weighted by Crippen LogP contribution is 2.13. The Morgan fingerprint density at radius 3 is 2.72 bits per heavy atom. The molecule has 0 aliphatic rings. The molecule has 7 heteroatoms. The maximum atomic E-state index is 12.0. The largest absolute Gasteiger partial charge is 0.339 e. The maximum absolute atomic E-state index is 12.0. The Bertz CT molecular complexity index is 453. The quantitative estimate of drug-likeness (QED) is 0.737. The Labute approximate surface area is 117 Å². The van der Waals surface area contributed by atoms with E-state index in [1.165, 1.54) is 12.5 Å². The minimum absolute atomic E-state index is 0.0825. The van der Waals surface area contributed by atoms with Crippen LogP contribution in [0.4, 0.5) is 0 Å². The standard InChI is InChI=1S/C11H20BrN3O2S/c1-3-4-10(5-6-12)7-14-18(16,17)11-8-15(2)9-13-11/h8-10,14H,3-7H2,1-2H3. The molecule has 0 amide bonds. The highest BCUT2D eigenvalue weighted by atomic mass is 79.9. The molecule has 18 heavy (non-hydrogen) atoms. The number of hydrogen-bond acceptors (Lipinski definition) is 3. The van der Waals surface area contributed by atoms with E-state index in [1.54, 1.807) is 11.6 Å². The zero-order valence-electron chi connectivity index (χ0n) is 10.8. The van der Waals surface area contributed by atoms with Gasteiger partial charge in [-0.25, -0.2) is 18.1 Å². The summed E-state index contributed by atoms with van der Waals surface area (Å²) in [4.78, 5) is 3.86. The van der Waals surface area contributed by atoms with E-state index in [2.05, 4.69) is 32.6 Å². The molecule has 0 bridgehead atoms. The van der Waals surface area contributed by atoms with Crippen molar-refractivity contribution in [2.24, 2.45) is 13.0 Å². The molecule has 0 saturated carbocycles. The molecule has 5 nitrogen and oxygen atoms in total. The number of imidazole rings is 1. The van der Waals surface area contributed by atoms with Gasteiger partial charge in [0.1, 0.15) is 0 Å². The zero-order valence-corrected chi connectivity index (χ0v) is 13.2. The second-order valence-electron chi connectivity index (χ2n) is 4.36. The van der Waals surface area contributed by atoms with Crippen molar-refractivity contribution in [1.82, 2.24) is 14.3 Å². The number of rotatable bonds is 8. The molecule has 1 heterocycles. The summed E-state index contributed by atoms with van der Waals surface area (Å²) in [5.41, 5.74) is 0. The van der Waals surface area contributed by atoms with Gasteiger partial charge in [-0.05, 0) is 18.8 Å². The molecule has 1 unspecified atom stereocenters. The predicted octanol–water partition coefficient (Wildman–Crippen LogP) is 1.90. The molecule has 0 aromatic carbocycles. The minimum Gasteiger partial charge on any atom is -0.339 e. The molecule has 1 rings (SSSR count). The van der Waals surface area contributed by atoms with Crippen LogP contribution in [0, 0.1) is 5.92 Å². The van der Waals surface area contributed by atoms with Gasteiger partial charge >= 0.3 is 0 Å². The lowest BCUT2D eigenvalue weighted by atomic mass is 10.0. The van der Waals surface area contributed by atoms with Crippen LogP contribution in [0.5, 0.6) is 0 Å². The topological polar surface area (TPSA) is 64.0 Å². The maximum Gasteiger partial charge on any atom is 0.259 e. The minimum atomic E-state index is -3.47. The van der Waals surface area contributed by atoms with Gasteiger partial charge in [-0.1, -0.05) is 29.3 Å². The molecule has 0 saturated heterocycles. The molecular formula is C11H20BrN3O2S. The second kappa shape index (κ2) is 7.25. The Morgan fingerprint density at radius 1 is 1.50 bits per heavy atom. The van der Waals surface area contributed by atoms with Crippen LogP contribution in [0.2, 0.25) is 0 Å². The Kier molecular flexibility index (Phi) is 6.31. The monoisotopic (exact) mass is 337 g/mol. The first-order valence-electron chi connectivity index (χ1n) is 6.03. The molecule has 0 aliphatic heterocycles. The number of sulfonamides is 1. The van der Waals surface area contributed by atoms with Crippen molar-refractivity contribution < 1.29 is 8.42 Å². The van der Waals surface area contributed by atoms with Crippen LogP contribution in [0.1, 0.15) is 26.2 Å². The summed E-state index contributed by atoms with van der Waals surface area (Å²) in [6, 6.07) is 0. The molecule has 0 spiro atoms. The fourth-order valence-electron chi connectivity index (χ4n) is 1.74. The Hall–Kier alpha value is -0.400. The number of aryl methyl sites for hydroxylation is 1. The third-order valence-electron chi connectivity index (χ3n) is 2.73. The van der Waals surface area contributed by atoms with E-state index in [9.17, 15) is 8.42 Å². The zero-order chi connectivity index (χ0) is 13.6. The lowest BCUT2D eigenvalue weighted by Crippen LogP contribution is -2.30. The van der Waals surface area contributed by atoms with Crippen molar-refractivity contribution in [3.63, 3.8) is 0 Å². The van der Waals surface area contributed by atoms with E-state index in [4.69, 9.17) is 0 Å². The second-order valence-corrected chi connectivity index (χ2v) is 6.87. The van der Waals surface area contributed by atoms with Crippen molar-refractivity contribution in [2.75, 3.05) is 11.9 Å². The molecule has 1 aromatic heterocycles. The average Bonchev–Trinajstić information content (AvgIpc) is 2.74. The van der Waals surface area contributed by atoms with Gasteiger partial charge in [0.2, 0.25) is 0 Å². The SMILES string of the molecule is CCCC(CCBr)CNS(=O)(=O)c1cn(C)cn1. The van der Waals surface area contributed by atoms with E-state index in [0.29, 0.717) is 12.5 Å². The van der Waals surface area contributed by atoms with Crippen LogP contribution in [0.3, 0.4) is 0 Å². The summed E-state index contributed by atoms with van der Waals surface area (Å²) < 4.78 is 28.2. The van der Waals surface area contributed by atoms with E-state index in [1.807, 2.05) is 0 Å². The molecule has 1 N–H and O–H groups in total. The average molecular weight is 338 g/mol.